The number of hydrogen-bond acceptors (Lipinski definition) is 5. The maximum absolute atomic E-state index is 11.0. The average Bonchev–Trinajstić information content (AvgIpc) is 2.81. The minimum Gasteiger partial charge on any atom is -0.354 e. The largest absolute Gasteiger partial charge is 0.370 e. The molecule has 1 saturated carbocycles. The highest BCUT2D eigenvalue weighted by atomic mass is 16.8. The molecule has 1 spiro atoms. The van der Waals surface area contributed by atoms with Gasteiger partial charge in [0.1, 0.15) is 5.60 Å². The Hall–Kier alpha value is -0.970. The van der Waals surface area contributed by atoms with E-state index < -0.39 is 12.1 Å². The van der Waals surface area contributed by atoms with Crippen LogP contribution in [0, 0.1) is 4.91 Å². The number of rotatable bonds is 2. The number of epoxide rings is 1. The highest BCUT2D eigenvalue weighted by Gasteiger charge is 2.61. The zero-order valence-electron chi connectivity index (χ0n) is 7.19. The summed E-state index contributed by atoms with van der Waals surface area (Å²) in [4.78, 5) is 24.7. The van der Waals surface area contributed by atoms with Gasteiger partial charge in [-0.15, -0.1) is 4.91 Å². The van der Waals surface area contributed by atoms with Gasteiger partial charge < -0.3 is 4.74 Å². The molecule has 1 unspecified atom stereocenters. The van der Waals surface area contributed by atoms with Gasteiger partial charge in [-0.1, -0.05) is 19.3 Å². The lowest BCUT2D eigenvalue weighted by atomic mass is 9.86. The first-order valence-corrected chi connectivity index (χ1v) is 4.50. The molecule has 5 nitrogen and oxygen atoms in total. The predicted molar refractivity (Wildman–Crippen MR) is 42.6 cm³/mol. The van der Waals surface area contributed by atoms with Crippen LogP contribution in [0.25, 0.3) is 0 Å². The molecule has 0 N–H and O–H groups in total. The van der Waals surface area contributed by atoms with Crippen molar-refractivity contribution in [3.8, 4) is 0 Å². The van der Waals surface area contributed by atoms with Crippen molar-refractivity contribution >= 4 is 5.97 Å². The lowest BCUT2D eigenvalue weighted by Gasteiger charge is -2.17. The lowest BCUT2D eigenvalue weighted by molar-refractivity contribution is -0.145. The summed E-state index contributed by atoms with van der Waals surface area (Å²) >= 11 is 0. The van der Waals surface area contributed by atoms with E-state index in [9.17, 15) is 9.70 Å². The van der Waals surface area contributed by atoms with Crippen molar-refractivity contribution in [3.05, 3.63) is 4.91 Å². The highest BCUT2D eigenvalue weighted by molar-refractivity contribution is 5.79. The van der Waals surface area contributed by atoms with Crippen LogP contribution in [0.15, 0.2) is 5.34 Å². The van der Waals surface area contributed by atoms with Crippen molar-refractivity contribution in [2.24, 2.45) is 5.34 Å². The first kappa shape index (κ1) is 8.62. The molecule has 0 amide bonds. The number of ether oxygens (including phenoxy) is 1. The van der Waals surface area contributed by atoms with Crippen molar-refractivity contribution in [1.29, 1.82) is 0 Å². The first-order chi connectivity index (χ1) is 6.28. The zero-order chi connectivity index (χ0) is 9.31. The molecule has 1 aliphatic carbocycles. The molecule has 0 aromatic heterocycles. The van der Waals surface area contributed by atoms with Gasteiger partial charge in [0.05, 0.1) is 0 Å². The molecular weight excluding hydrogens is 174 g/mol. The van der Waals surface area contributed by atoms with Crippen molar-refractivity contribution in [2.45, 2.75) is 43.8 Å². The predicted octanol–water partition coefficient (Wildman–Crippen LogP) is 1.31. The second-order valence-electron chi connectivity index (χ2n) is 3.61. The van der Waals surface area contributed by atoms with Crippen LogP contribution in [0.3, 0.4) is 0 Å². The summed E-state index contributed by atoms with van der Waals surface area (Å²) in [6.07, 6.45) is 4.61. The summed E-state index contributed by atoms with van der Waals surface area (Å²) in [6, 6.07) is 0. The molecule has 2 fully saturated rings. The van der Waals surface area contributed by atoms with Crippen LogP contribution in [-0.4, -0.2) is 17.7 Å². The summed E-state index contributed by atoms with van der Waals surface area (Å²) in [5.41, 5.74) is -0.306. The molecule has 0 bridgehead atoms. The standard InChI is InChI=1S/C8H11NO4/c10-7(13-9-11)6-8(12-6)4-2-1-3-5-8/h6H,1-5H2. The molecular formula is C8H11NO4. The maximum atomic E-state index is 11.0. The number of hydrogen-bond donors (Lipinski definition) is 0. The fourth-order valence-corrected chi connectivity index (χ4v) is 2.08. The number of nitrogens with zero attached hydrogens (tertiary/aromatic N) is 1. The van der Waals surface area contributed by atoms with E-state index in [1.165, 1.54) is 6.42 Å². The molecule has 1 aliphatic heterocycles. The van der Waals surface area contributed by atoms with E-state index in [0.717, 1.165) is 25.7 Å². The quantitative estimate of drug-likeness (QED) is 0.369. The normalized spacial score (nSPS) is 29.7. The SMILES string of the molecule is O=NOC(=O)C1OC12CCCCC2. The third-order valence-electron chi connectivity index (χ3n) is 2.81. The second kappa shape index (κ2) is 3.06. The van der Waals surface area contributed by atoms with E-state index in [4.69, 9.17) is 4.74 Å². The Morgan fingerprint density at radius 3 is 2.69 bits per heavy atom. The van der Waals surface area contributed by atoms with Gasteiger partial charge in [-0.05, 0) is 12.8 Å². The molecule has 0 aromatic carbocycles. The molecule has 72 valence electrons. The van der Waals surface area contributed by atoms with Crippen LogP contribution < -0.4 is 0 Å². The van der Waals surface area contributed by atoms with E-state index in [0.29, 0.717) is 0 Å². The maximum Gasteiger partial charge on any atom is 0.370 e. The number of carbonyl (C=O) groups is 1. The Morgan fingerprint density at radius 2 is 2.08 bits per heavy atom. The van der Waals surface area contributed by atoms with Gasteiger partial charge in [-0.2, -0.15) is 0 Å². The molecule has 0 aromatic rings. The average molecular weight is 185 g/mol. The van der Waals surface area contributed by atoms with E-state index >= 15 is 0 Å². The fraction of sp³-hybridized carbons (Fsp3) is 0.875. The molecule has 5 heteroatoms. The zero-order valence-corrected chi connectivity index (χ0v) is 7.19. The van der Waals surface area contributed by atoms with Crippen molar-refractivity contribution in [2.75, 3.05) is 0 Å². The minimum atomic E-state index is -0.642. The van der Waals surface area contributed by atoms with Gasteiger partial charge in [0.15, 0.2) is 11.4 Å². The van der Waals surface area contributed by atoms with Gasteiger partial charge >= 0.3 is 5.97 Å². The van der Waals surface area contributed by atoms with E-state index in [-0.39, 0.29) is 5.60 Å². The Morgan fingerprint density at radius 1 is 1.38 bits per heavy atom. The van der Waals surface area contributed by atoms with Crippen molar-refractivity contribution in [1.82, 2.24) is 0 Å². The summed E-state index contributed by atoms with van der Waals surface area (Å²) in [5, 5.41) is 2.10. The molecule has 1 saturated heterocycles. The van der Waals surface area contributed by atoms with E-state index in [1.807, 2.05) is 0 Å². The summed E-state index contributed by atoms with van der Waals surface area (Å²) in [5.74, 6) is -0.642. The molecule has 0 radical (unpaired) electrons. The van der Waals surface area contributed by atoms with Gasteiger partial charge in [0, 0.05) is 0 Å². The van der Waals surface area contributed by atoms with Crippen LogP contribution in [0.1, 0.15) is 32.1 Å². The molecule has 2 rings (SSSR count). The van der Waals surface area contributed by atoms with Crippen LogP contribution >= 0.6 is 0 Å². The lowest BCUT2D eigenvalue weighted by Crippen LogP contribution is -2.24. The van der Waals surface area contributed by atoms with Gasteiger partial charge in [-0.3, -0.25) is 4.84 Å². The molecule has 1 atom stereocenters. The Bertz CT molecular complexity index is 234. The van der Waals surface area contributed by atoms with Gasteiger partial charge in [0.2, 0.25) is 0 Å². The molecule has 1 heterocycles. The summed E-state index contributed by atoms with van der Waals surface area (Å²) in [6.45, 7) is 0. The minimum absolute atomic E-state index is 0.306. The van der Waals surface area contributed by atoms with E-state index in [1.54, 1.807) is 0 Å². The molecule has 2 aliphatic rings. The highest BCUT2D eigenvalue weighted by Crippen LogP contribution is 2.48. The van der Waals surface area contributed by atoms with Crippen LogP contribution in [0.5, 0.6) is 0 Å². The first-order valence-electron chi connectivity index (χ1n) is 4.50. The smallest absolute Gasteiger partial charge is 0.354 e. The van der Waals surface area contributed by atoms with Crippen LogP contribution in [0.2, 0.25) is 0 Å². The number of carbonyl (C=O) groups excluding carboxylic acids is 1. The molecule has 13 heavy (non-hydrogen) atoms. The third kappa shape index (κ3) is 1.44. The Kier molecular flexibility index (Phi) is 2.03. The summed E-state index contributed by atoms with van der Waals surface area (Å²) in [7, 11) is 0. The van der Waals surface area contributed by atoms with Crippen molar-refractivity contribution < 1.29 is 14.4 Å². The second-order valence-corrected chi connectivity index (χ2v) is 3.61. The topological polar surface area (TPSA) is 68.3 Å². The van der Waals surface area contributed by atoms with Gasteiger partial charge in [-0.25, -0.2) is 4.79 Å². The third-order valence-corrected chi connectivity index (χ3v) is 2.81. The summed E-state index contributed by atoms with van der Waals surface area (Å²) < 4.78 is 5.29. The Labute approximate surface area is 75.3 Å². The van der Waals surface area contributed by atoms with Crippen molar-refractivity contribution in [3.63, 3.8) is 0 Å². The Balaban J connectivity index is 1.91. The van der Waals surface area contributed by atoms with Crippen LogP contribution in [0.4, 0.5) is 0 Å². The van der Waals surface area contributed by atoms with Gasteiger partial charge in [0.25, 0.3) is 0 Å². The van der Waals surface area contributed by atoms with E-state index in [2.05, 4.69) is 10.2 Å². The van der Waals surface area contributed by atoms with Crippen LogP contribution in [-0.2, 0) is 14.4 Å². The fourth-order valence-electron chi connectivity index (χ4n) is 2.08. The monoisotopic (exact) mass is 185 g/mol.